The van der Waals surface area contributed by atoms with Gasteiger partial charge in [0, 0.05) is 6.04 Å². The Hall–Kier alpha value is -1.82. The van der Waals surface area contributed by atoms with Gasteiger partial charge < -0.3 is 9.47 Å². The lowest BCUT2D eigenvalue weighted by atomic mass is 10.1. The molecule has 0 amide bonds. The van der Waals surface area contributed by atoms with Crippen LogP contribution in [-0.4, -0.2) is 28.3 Å². The fourth-order valence-corrected chi connectivity index (χ4v) is 2.73. The maximum absolute atomic E-state index is 12.7. The van der Waals surface area contributed by atoms with E-state index in [-0.39, 0.29) is 18.4 Å². The molecule has 1 aromatic carbocycles. The Balaban J connectivity index is 1.89. The molecule has 0 saturated carbocycles. The van der Waals surface area contributed by atoms with Crippen molar-refractivity contribution < 1.29 is 14.3 Å². The second-order valence-electron chi connectivity index (χ2n) is 5.11. The summed E-state index contributed by atoms with van der Waals surface area (Å²) in [7, 11) is 0. The normalized spacial score (nSPS) is 17.0. The first-order valence-corrected chi connectivity index (χ1v) is 7.53. The van der Waals surface area contributed by atoms with Crippen LogP contribution in [0.2, 0.25) is 0 Å². The molecular formula is C15H15BrN2O3. The number of carbonyl (C=O) groups excluding carboxylic acids is 1. The van der Waals surface area contributed by atoms with Crippen LogP contribution in [0.1, 0.15) is 30.4 Å². The number of para-hydroxylation sites is 2. The molecule has 1 aliphatic rings. The molecule has 0 N–H and O–H groups in total. The van der Waals surface area contributed by atoms with E-state index in [1.165, 1.54) is 0 Å². The van der Waals surface area contributed by atoms with Crippen LogP contribution in [-0.2, 0) is 0 Å². The smallest absolute Gasteiger partial charge is 0.225 e. The van der Waals surface area contributed by atoms with Gasteiger partial charge in [-0.15, -0.1) is 0 Å². The van der Waals surface area contributed by atoms with E-state index < -0.39 is 6.10 Å². The Morgan fingerprint density at radius 1 is 1.38 bits per heavy atom. The largest absolute Gasteiger partial charge is 0.485 e. The highest BCUT2D eigenvalue weighted by atomic mass is 79.9. The molecule has 1 unspecified atom stereocenters. The SMILES string of the molecule is CC(C)n1ncc(Br)c1C(=O)C1COc2ccccc2O1. The van der Waals surface area contributed by atoms with Gasteiger partial charge in [-0.2, -0.15) is 5.10 Å². The Morgan fingerprint density at radius 2 is 2.10 bits per heavy atom. The van der Waals surface area contributed by atoms with Gasteiger partial charge >= 0.3 is 0 Å². The number of benzene rings is 1. The summed E-state index contributed by atoms with van der Waals surface area (Å²) < 4.78 is 13.7. The maximum Gasteiger partial charge on any atom is 0.225 e. The molecule has 21 heavy (non-hydrogen) atoms. The molecule has 0 spiro atoms. The monoisotopic (exact) mass is 350 g/mol. The standard InChI is InChI=1S/C15H15BrN2O3/c1-9(2)18-14(10(16)7-17-18)15(19)13-8-20-11-5-3-4-6-12(11)21-13/h3-7,9,13H,8H2,1-2H3. The van der Waals surface area contributed by atoms with Crippen molar-refractivity contribution in [2.75, 3.05) is 6.61 Å². The molecule has 2 aromatic rings. The zero-order chi connectivity index (χ0) is 15.0. The first kappa shape index (κ1) is 14.1. The van der Waals surface area contributed by atoms with Crippen LogP contribution in [0.3, 0.4) is 0 Å². The predicted octanol–water partition coefficient (Wildman–Crippen LogP) is 3.25. The van der Waals surface area contributed by atoms with E-state index in [2.05, 4.69) is 21.0 Å². The van der Waals surface area contributed by atoms with Gasteiger partial charge in [0.05, 0.1) is 10.7 Å². The molecular weight excluding hydrogens is 336 g/mol. The number of aromatic nitrogens is 2. The Kier molecular flexibility index (Phi) is 3.71. The summed E-state index contributed by atoms with van der Waals surface area (Å²) >= 11 is 3.38. The summed E-state index contributed by atoms with van der Waals surface area (Å²) in [5.74, 6) is 1.12. The third-order valence-electron chi connectivity index (χ3n) is 3.27. The van der Waals surface area contributed by atoms with Crippen molar-refractivity contribution in [2.24, 2.45) is 0 Å². The lowest BCUT2D eigenvalue weighted by Crippen LogP contribution is -2.38. The summed E-state index contributed by atoms with van der Waals surface area (Å²) in [6.07, 6.45) is 0.968. The van der Waals surface area contributed by atoms with E-state index in [0.717, 1.165) is 0 Å². The van der Waals surface area contributed by atoms with Crippen molar-refractivity contribution in [1.82, 2.24) is 9.78 Å². The molecule has 1 atom stereocenters. The van der Waals surface area contributed by atoms with E-state index in [4.69, 9.17) is 9.47 Å². The Bertz CT molecular complexity index is 681. The molecule has 0 aliphatic carbocycles. The van der Waals surface area contributed by atoms with Crippen LogP contribution in [0.5, 0.6) is 11.5 Å². The van der Waals surface area contributed by atoms with Crippen molar-refractivity contribution in [2.45, 2.75) is 26.0 Å². The zero-order valence-electron chi connectivity index (χ0n) is 11.7. The first-order chi connectivity index (χ1) is 10.1. The Morgan fingerprint density at radius 3 is 2.81 bits per heavy atom. The van der Waals surface area contributed by atoms with Crippen molar-refractivity contribution in [3.05, 3.63) is 40.6 Å². The first-order valence-electron chi connectivity index (χ1n) is 6.73. The van der Waals surface area contributed by atoms with Gasteiger partial charge in [-0.05, 0) is 41.9 Å². The average Bonchev–Trinajstić information content (AvgIpc) is 2.88. The minimum atomic E-state index is -0.662. The van der Waals surface area contributed by atoms with E-state index in [9.17, 15) is 4.79 Å². The lowest BCUT2D eigenvalue weighted by molar-refractivity contribution is 0.0573. The van der Waals surface area contributed by atoms with Crippen molar-refractivity contribution in [3.8, 4) is 11.5 Å². The van der Waals surface area contributed by atoms with E-state index in [1.807, 2.05) is 32.0 Å². The lowest BCUT2D eigenvalue weighted by Gasteiger charge is -2.26. The number of nitrogens with zero attached hydrogens (tertiary/aromatic N) is 2. The van der Waals surface area contributed by atoms with Crippen molar-refractivity contribution >= 4 is 21.7 Å². The molecule has 110 valence electrons. The molecule has 6 heteroatoms. The number of Topliss-reactive ketones (excluding diaryl/α,β-unsaturated/α-hetero) is 1. The van der Waals surface area contributed by atoms with Gasteiger partial charge in [0.2, 0.25) is 5.78 Å². The van der Waals surface area contributed by atoms with Crippen LogP contribution in [0, 0.1) is 0 Å². The van der Waals surface area contributed by atoms with Gasteiger partial charge in [0.25, 0.3) is 0 Å². The quantitative estimate of drug-likeness (QED) is 0.797. The molecule has 0 radical (unpaired) electrons. The summed E-state index contributed by atoms with van der Waals surface area (Å²) in [6.45, 7) is 4.15. The van der Waals surface area contributed by atoms with Gasteiger partial charge in [-0.25, -0.2) is 0 Å². The second kappa shape index (κ2) is 5.52. The number of fused-ring (bicyclic) bond motifs is 1. The second-order valence-corrected chi connectivity index (χ2v) is 5.96. The maximum atomic E-state index is 12.7. The van der Waals surface area contributed by atoms with Crippen LogP contribution in [0.25, 0.3) is 0 Å². The highest BCUT2D eigenvalue weighted by molar-refractivity contribution is 9.10. The minimum Gasteiger partial charge on any atom is -0.485 e. The third kappa shape index (κ3) is 2.55. The zero-order valence-corrected chi connectivity index (χ0v) is 13.3. The van der Waals surface area contributed by atoms with Crippen LogP contribution in [0.4, 0.5) is 0 Å². The van der Waals surface area contributed by atoms with Gasteiger partial charge in [-0.3, -0.25) is 9.48 Å². The van der Waals surface area contributed by atoms with Gasteiger partial charge in [0.15, 0.2) is 17.6 Å². The summed E-state index contributed by atoms with van der Waals surface area (Å²) in [5, 5.41) is 4.23. The molecule has 1 aliphatic heterocycles. The molecule has 0 fully saturated rings. The number of hydrogen-bond donors (Lipinski definition) is 0. The topological polar surface area (TPSA) is 53.4 Å². The van der Waals surface area contributed by atoms with Crippen LogP contribution in [0.15, 0.2) is 34.9 Å². The highest BCUT2D eigenvalue weighted by Gasteiger charge is 2.32. The molecule has 2 heterocycles. The molecule has 0 saturated heterocycles. The number of hydrogen-bond acceptors (Lipinski definition) is 4. The van der Waals surface area contributed by atoms with Gasteiger partial charge in [-0.1, -0.05) is 12.1 Å². The van der Waals surface area contributed by atoms with Crippen molar-refractivity contribution in [3.63, 3.8) is 0 Å². The highest BCUT2D eigenvalue weighted by Crippen LogP contribution is 2.32. The molecule has 5 nitrogen and oxygen atoms in total. The summed E-state index contributed by atoms with van der Waals surface area (Å²) in [6, 6.07) is 7.43. The molecule has 0 bridgehead atoms. The van der Waals surface area contributed by atoms with Crippen LogP contribution < -0.4 is 9.47 Å². The van der Waals surface area contributed by atoms with Crippen LogP contribution >= 0.6 is 15.9 Å². The summed E-state index contributed by atoms with van der Waals surface area (Å²) in [4.78, 5) is 12.7. The predicted molar refractivity (Wildman–Crippen MR) is 81.0 cm³/mol. The third-order valence-corrected chi connectivity index (χ3v) is 3.85. The number of halogens is 1. The molecule has 1 aromatic heterocycles. The average molecular weight is 351 g/mol. The minimum absolute atomic E-state index is 0.0899. The van der Waals surface area contributed by atoms with Crippen molar-refractivity contribution in [1.29, 1.82) is 0 Å². The fraction of sp³-hybridized carbons (Fsp3) is 0.333. The number of carbonyl (C=O) groups is 1. The number of ether oxygens (including phenoxy) is 2. The van der Waals surface area contributed by atoms with Gasteiger partial charge in [0.1, 0.15) is 12.3 Å². The number of ketones is 1. The van der Waals surface area contributed by atoms with E-state index in [1.54, 1.807) is 16.9 Å². The molecule has 3 rings (SSSR count). The van der Waals surface area contributed by atoms with E-state index in [0.29, 0.717) is 21.7 Å². The van der Waals surface area contributed by atoms with E-state index >= 15 is 0 Å². The summed E-state index contributed by atoms with van der Waals surface area (Å²) in [5.41, 5.74) is 0.512. The Labute approximate surface area is 131 Å². The number of rotatable bonds is 3. The fourth-order valence-electron chi connectivity index (χ4n) is 2.26.